The Kier molecular flexibility index (Phi) is 5.02. The highest BCUT2D eigenvalue weighted by Crippen LogP contribution is 2.21. The van der Waals surface area contributed by atoms with Gasteiger partial charge >= 0.3 is 5.97 Å². The van der Waals surface area contributed by atoms with Crippen molar-refractivity contribution in [3.05, 3.63) is 12.7 Å². The molecule has 1 N–H and O–H groups in total. The third-order valence-electron chi connectivity index (χ3n) is 2.94. The van der Waals surface area contributed by atoms with Crippen molar-refractivity contribution in [3.63, 3.8) is 0 Å². The Balaban J connectivity index is 2.49. The lowest BCUT2D eigenvalue weighted by molar-refractivity contribution is -0.142. The zero-order chi connectivity index (χ0) is 12.0. The van der Waals surface area contributed by atoms with E-state index in [0.717, 1.165) is 32.2 Å². The first kappa shape index (κ1) is 12.7. The molecule has 0 saturated carbocycles. The summed E-state index contributed by atoms with van der Waals surface area (Å²) >= 11 is 0. The fourth-order valence-corrected chi connectivity index (χ4v) is 2.12. The number of nitrogens with zero attached hydrogens (tertiary/aromatic N) is 1. The van der Waals surface area contributed by atoms with E-state index in [1.807, 2.05) is 11.0 Å². The van der Waals surface area contributed by atoms with Crippen LogP contribution in [0.5, 0.6) is 0 Å². The summed E-state index contributed by atoms with van der Waals surface area (Å²) in [6.45, 7) is 4.45. The monoisotopic (exact) mass is 225 g/mol. The number of hydrogen-bond acceptors (Lipinski definition) is 2. The van der Waals surface area contributed by atoms with Gasteiger partial charge in [-0.3, -0.25) is 9.59 Å². The molecule has 0 aliphatic carbocycles. The second-order valence-electron chi connectivity index (χ2n) is 4.15. The highest BCUT2D eigenvalue weighted by molar-refractivity contribution is 5.81. The average Bonchev–Trinajstić information content (AvgIpc) is 2.27. The van der Waals surface area contributed by atoms with Crippen LogP contribution in [0.3, 0.4) is 0 Å². The molecule has 1 heterocycles. The van der Waals surface area contributed by atoms with Gasteiger partial charge in [-0.25, -0.2) is 0 Å². The standard InChI is InChI=1S/C12H19NO3/c1-2-5-10-6-3-4-9-13(10)11(14)7-8-12(15)16/h2,10H,1,3-9H2,(H,15,16)/t10-/m1/s1. The molecule has 0 aromatic rings. The highest BCUT2D eigenvalue weighted by Gasteiger charge is 2.25. The zero-order valence-corrected chi connectivity index (χ0v) is 9.52. The van der Waals surface area contributed by atoms with Crippen molar-refractivity contribution < 1.29 is 14.7 Å². The van der Waals surface area contributed by atoms with Crippen LogP contribution in [0.25, 0.3) is 0 Å². The zero-order valence-electron chi connectivity index (χ0n) is 9.52. The molecule has 16 heavy (non-hydrogen) atoms. The van der Waals surface area contributed by atoms with Crippen LogP contribution in [-0.4, -0.2) is 34.5 Å². The van der Waals surface area contributed by atoms with Crippen LogP contribution < -0.4 is 0 Å². The molecule has 0 bridgehead atoms. The Labute approximate surface area is 95.9 Å². The largest absolute Gasteiger partial charge is 0.481 e. The molecule has 0 aromatic heterocycles. The summed E-state index contributed by atoms with van der Waals surface area (Å²) in [5.41, 5.74) is 0. The first-order chi connectivity index (χ1) is 7.65. The predicted molar refractivity (Wildman–Crippen MR) is 61.0 cm³/mol. The molecule has 1 aliphatic heterocycles. The molecule has 4 heteroatoms. The van der Waals surface area contributed by atoms with E-state index in [1.165, 1.54) is 0 Å². The second kappa shape index (κ2) is 6.30. The summed E-state index contributed by atoms with van der Waals surface area (Å²) in [4.78, 5) is 24.1. The van der Waals surface area contributed by atoms with Crippen molar-refractivity contribution in [1.82, 2.24) is 4.90 Å². The van der Waals surface area contributed by atoms with E-state index in [-0.39, 0.29) is 24.8 Å². The van der Waals surface area contributed by atoms with Crippen LogP contribution in [0, 0.1) is 0 Å². The van der Waals surface area contributed by atoms with Crippen LogP contribution in [0.2, 0.25) is 0 Å². The molecular weight excluding hydrogens is 206 g/mol. The average molecular weight is 225 g/mol. The Morgan fingerprint density at radius 1 is 1.38 bits per heavy atom. The van der Waals surface area contributed by atoms with E-state index in [9.17, 15) is 9.59 Å². The van der Waals surface area contributed by atoms with Gasteiger partial charge in [0.2, 0.25) is 5.91 Å². The molecular formula is C12H19NO3. The van der Waals surface area contributed by atoms with Crippen molar-refractivity contribution in [2.75, 3.05) is 6.54 Å². The summed E-state index contributed by atoms with van der Waals surface area (Å²) in [5.74, 6) is -0.945. The first-order valence-corrected chi connectivity index (χ1v) is 5.77. The third kappa shape index (κ3) is 3.68. The Bertz CT molecular complexity index is 275. The molecule has 1 atom stereocenters. The minimum absolute atomic E-state index is 0.0334. The van der Waals surface area contributed by atoms with Gasteiger partial charge in [-0.1, -0.05) is 6.08 Å². The van der Waals surface area contributed by atoms with Crippen LogP contribution in [0.15, 0.2) is 12.7 Å². The summed E-state index contributed by atoms with van der Waals surface area (Å²) in [5, 5.41) is 8.54. The fourth-order valence-electron chi connectivity index (χ4n) is 2.12. The van der Waals surface area contributed by atoms with Gasteiger partial charge in [0.15, 0.2) is 0 Å². The van der Waals surface area contributed by atoms with Gasteiger partial charge in [-0.15, -0.1) is 6.58 Å². The van der Waals surface area contributed by atoms with E-state index in [4.69, 9.17) is 5.11 Å². The number of piperidine rings is 1. The van der Waals surface area contributed by atoms with Crippen LogP contribution in [0.1, 0.15) is 38.5 Å². The van der Waals surface area contributed by atoms with E-state index in [1.54, 1.807) is 0 Å². The van der Waals surface area contributed by atoms with E-state index in [0.29, 0.717) is 0 Å². The van der Waals surface area contributed by atoms with Crippen molar-refractivity contribution in [2.24, 2.45) is 0 Å². The van der Waals surface area contributed by atoms with Crippen molar-refractivity contribution in [2.45, 2.75) is 44.6 Å². The molecule has 90 valence electrons. The molecule has 1 rings (SSSR count). The van der Waals surface area contributed by atoms with Crippen molar-refractivity contribution in [1.29, 1.82) is 0 Å². The number of likely N-dealkylation sites (tertiary alicyclic amines) is 1. The lowest BCUT2D eigenvalue weighted by Crippen LogP contribution is -2.43. The number of rotatable bonds is 5. The smallest absolute Gasteiger partial charge is 0.303 e. The summed E-state index contributed by atoms with van der Waals surface area (Å²) in [7, 11) is 0. The lowest BCUT2D eigenvalue weighted by atomic mass is 9.99. The van der Waals surface area contributed by atoms with Crippen LogP contribution in [0.4, 0.5) is 0 Å². The van der Waals surface area contributed by atoms with E-state index >= 15 is 0 Å². The van der Waals surface area contributed by atoms with Crippen molar-refractivity contribution >= 4 is 11.9 Å². The van der Waals surface area contributed by atoms with Crippen molar-refractivity contribution in [3.8, 4) is 0 Å². The Hall–Kier alpha value is -1.32. The summed E-state index contributed by atoms with van der Waals surface area (Å²) in [6.07, 6.45) is 5.84. The SMILES string of the molecule is C=CC[C@@H]1CCCCN1C(=O)CCC(=O)O. The summed E-state index contributed by atoms with van der Waals surface area (Å²) < 4.78 is 0. The maximum absolute atomic E-state index is 11.8. The van der Waals surface area contributed by atoms with Crippen LogP contribution in [-0.2, 0) is 9.59 Å². The number of hydrogen-bond donors (Lipinski definition) is 1. The van der Waals surface area contributed by atoms with Gasteiger partial charge in [-0.2, -0.15) is 0 Å². The molecule has 1 fully saturated rings. The normalized spacial score (nSPS) is 20.5. The Morgan fingerprint density at radius 3 is 2.75 bits per heavy atom. The van der Waals surface area contributed by atoms with Gasteiger partial charge in [0.25, 0.3) is 0 Å². The minimum Gasteiger partial charge on any atom is -0.481 e. The minimum atomic E-state index is -0.911. The second-order valence-corrected chi connectivity index (χ2v) is 4.15. The molecule has 1 aliphatic rings. The molecule has 0 radical (unpaired) electrons. The molecule has 1 amide bonds. The van der Waals surface area contributed by atoms with Gasteiger partial charge < -0.3 is 10.0 Å². The van der Waals surface area contributed by atoms with E-state index < -0.39 is 5.97 Å². The molecule has 1 saturated heterocycles. The number of amides is 1. The molecule has 0 spiro atoms. The van der Waals surface area contributed by atoms with Gasteiger partial charge in [0, 0.05) is 19.0 Å². The maximum atomic E-state index is 11.8. The molecule has 0 aromatic carbocycles. The van der Waals surface area contributed by atoms with Gasteiger partial charge in [-0.05, 0) is 25.7 Å². The fraction of sp³-hybridized carbons (Fsp3) is 0.667. The topological polar surface area (TPSA) is 57.6 Å². The van der Waals surface area contributed by atoms with Gasteiger partial charge in [0.05, 0.1) is 6.42 Å². The quantitative estimate of drug-likeness (QED) is 0.726. The molecule has 4 nitrogen and oxygen atoms in total. The Morgan fingerprint density at radius 2 is 2.12 bits per heavy atom. The number of carbonyl (C=O) groups excluding carboxylic acids is 1. The van der Waals surface area contributed by atoms with Crippen LogP contribution >= 0.6 is 0 Å². The number of aliphatic carboxylic acids is 1. The maximum Gasteiger partial charge on any atom is 0.303 e. The first-order valence-electron chi connectivity index (χ1n) is 5.77. The lowest BCUT2D eigenvalue weighted by Gasteiger charge is -2.35. The predicted octanol–water partition coefficient (Wildman–Crippen LogP) is 1.81. The molecule has 0 unspecified atom stereocenters. The highest BCUT2D eigenvalue weighted by atomic mass is 16.4. The number of carboxylic acid groups (broad SMARTS) is 1. The van der Waals surface area contributed by atoms with E-state index in [2.05, 4.69) is 6.58 Å². The van der Waals surface area contributed by atoms with Gasteiger partial charge in [0.1, 0.15) is 0 Å². The third-order valence-corrected chi connectivity index (χ3v) is 2.94. The number of carboxylic acids is 1. The summed E-state index contributed by atoms with van der Waals surface area (Å²) in [6, 6.07) is 0.229. The number of carbonyl (C=O) groups is 2.